The molecule has 1 aromatic carbocycles. The molecule has 0 aliphatic carbocycles. The summed E-state index contributed by atoms with van der Waals surface area (Å²) in [6.45, 7) is 5.92. The molecule has 2 heterocycles. The molecule has 0 spiro atoms. The molecule has 1 aliphatic rings. The van der Waals surface area contributed by atoms with Crippen LogP contribution < -0.4 is 5.32 Å². The van der Waals surface area contributed by atoms with E-state index in [9.17, 15) is 14.4 Å². The average molecular weight is 368 g/mol. The predicted octanol–water partition coefficient (Wildman–Crippen LogP) is 3.92. The summed E-state index contributed by atoms with van der Waals surface area (Å²) in [6, 6.07) is 8.24. The molecule has 0 atom stereocenters. The minimum atomic E-state index is -0.326. The number of nitrogens with one attached hydrogen (secondary N) is 1. The number of rotatable bonds is 4. The van der Waals surface area contributed by atoms with E-state index in [1.54, 1.807) is 12.1 Å². The van der Waals surface area contributed by atoms with Crippen LogP contribution in [0.2, 0.25) is 0 Å². The summed E-state index contributed by atoms with van der Waals surface area (Å²) < 4.78 is 15.1. The third-order valence-electron chi connectivity index (χ3n) is 5.23. The summed E-state index contributed by atoms with van der Waals surface area (Å²) in [5.41, 5.74) is 2.82. The topological polar surface area (TPSA) is 61.1 Å². The van der Waals surface area contributed by atoms with Gasteiger partial charge in [-0.25, -0.2) is 4.39 Å². The van der Waals surface area contributed by atoms with Gasteiger partial charge in [-0.3, -0.25) is 14.3 Å². The Labute approximate surface area is 159 Å². The zero-order valence-electron chi connectivity index (χ0n) is 15.9. The molecular formula is C21H25FN4O. The van der Waals surface area contributed by atoms with Gasteiger partial charge in [-0.15, -0.1) is 0 Å². The monoisotopic (exact) mass is 368 g/mol. The van der Waals surface area contributed by atoms with Gasteiger partial charge in [0.1, 0.15) is 17.7 Å². The molecule has 1 N–H and O–H groups in total. The zero-order valence-corrected chi connectivity index (χ0v) is 15.9. The van der Waals surface area contributed by atoms with Gasteiger partial charge >= 0.3 is 0 Å². The molecule has 5 nitrogen and oxygen atoms in total. The van der Waals surface area contributed by atoms with E-state index in [0.29, 0.717) is 23.6 Å². The van der Waals surface area contributed by atoms with Crippen molar-refractivity contribution in [2.45, 2.75) is 39.5 Å². The van der Waals surface area contributed by atoms with Gasteiger partial charge in [0.2, 0.25) is 5.91 Å². The zero-order chi connectivity index (χ0) is 19.4. The van der Waals surface area contributed by atoms with E-state index in [1.807, 2.05) is 18.4 Å². The third-order valence-corrected chi connectivity index (χ3v) is 5.23. The fourth-order valence-corrected chi connectivity index (χ4v) is 3.64. The van der Waals surface area contributed by atoms with Crippen molar-refractivity contribution in [2.24, 2.45) is 0 Å². The highest BCUT2D eigenvalue weighted by atomic mass is 19.1. The number of carbonyl (C=O) groups is 1. The lowest BCUT2D eigenvalue weighted by molar-refractivity contribution is -0.117. The van der Waals surface area contributed by atoms with E-state index in [-0.39, 0.29) is 11.7 Å². The Morgan fingerprint density at radius 3 is 2.37 bits per heavy atom. The molecule has 0 radical (unpaired) electrons. The first kappa shape index (κ1) is 19.1. The Bertz CT molecular complexity index is 856. The second-order valence-corrected chi connectivity index (χ2v) is 7.10. The lowest BCUT2D eigenvalue weighted by Crippen LogP contribution is -2.34. The van der Waals surface area contributed by atoms with Crippen LogP contribution in [0.3, 0.4) is 0 Å². The largest absolute Gasteiger partial charge is 0.310 e. The summed E-state index contributed by atoms with van der Waals surface area (Å²) in [5, 5.41) is 12.6. The molecule has 1 amide bonds. The van der Waals surface area contributed by atoms with Gasteiger partial charge < -0.3 is 5.32 Å². The molecule has 27 heavy (non-hydrogen) atoms. The van der Waals surface area contributed by atoms with Crippen LogP contribution in [0.4, 0.5) is 10.2 Å². The Hall–Kier alpha value is -2.65. The van der Waals surface area contributed by atoms with E-state index < -0.39 is 0 Å². The number of nitriles is 1. The first-order valence-corrected chi connectivity index (χ1v) is 9.41. The van der Waals surface area contributed by atoms with Crippen molar-refractivity contribution in [1.82, 2.24) is 9.47 Å². The van der Waals surface area contributed by atoms with Crippen molar-refractivity contribution in [1.29, 1.82) is 5.26 Å². The van der Waals surface area contributed by atoms with Crippen LogP contribution in [-0.2, 0) is 4.79 Å². The van der Waals surface area contributed by atoms with Crippen LogP contribution in [0, 0.1) is 31.0 Å². The predicted molar refractivity (Wildman–Crippen MR) is 103 cm³/mol. The Morgan fingerprint density at radius 1 is 1.15 bits per heavy atom. The van der Waals surface area contributed by atoms with Crippen LogP contribution in [-0.4, -0.2) is 35.0 Å². The van der Waals surface area contributed by atoms with Gasteiger partial charge in [0, 0.05) is 11.4 Å². The van der Waals surface area contributed by atoms with E-state index in [0.717, 1.165) is 37.2 Å². The molecule has 142 valence electrons. The highest BCUT2D eigenvalue weighted by Gasteiger charge is 2.22. The van der Waals surface area contributed by atoms with Crippen LogP contribution in [0.25, 0.3) is 5.69 Å². The minimum absolute atomic E-state index is 0.130. The molecule has 1 aromatic heterocycles. The molecule has 3 rings (SSSR count). The van der Waals surface area contributed by atoms with E-state index in [4.69, 9.17) is 0 Å². The molecule has 0 saturated carbocycles. The van der Waals surface area contributed by atoms with E-state index >= 15 is 0 Å². The Morgan fingerprint density at radius 2 is 1.78 bits per heavy atom. The van der Waals surface area contributed by atoms with Crippen LogP contribution in [0.1, 0.15) is 42.5 Å². The lowest BCUT2D eigenvalue weighted by atomic mass is 10.2. The maximum Gasteiger partial charge on any atom is 0.239 e. The Balaban J connectivity index is 1.89. The van der Waals surface area contributed by atoms with E-state index in [1.165, 1.54) is 25.0 Å². The number of aromatic nitrogens is 1. The number of carbonyl (C=O) groups excluding carboxylic acids is 1. The van der Waals surface area contributed by atoms with Crippen LogP contribution in [0.15, 0.2) is 24.3 Å². The summed E-state index contributed by atoms with van der Waals surface area (Å²) in [6.07, 6.45) is 4.65. The number of hydrogen-bond donors (Lipinski definition) is 1. The quantitative estimate of drug-likeness (QED) is 0.890. The molecule has 1 fully saturated rings. The van der Waals surface area contributed by atoms with Gasteiger partial charge in [-0.05, 0) is 69.6 Å². The fourth-order valence-electron chi connectivity index (χ4n) is 3.64. The van der Waals surface area contributed by atoms with Crippen molar-refractivity contribution in [3.63, 3.8) is 0 Å². The maximum atomic E-state index is 13.3. The number of amides is 1. The number of nitrogens with zero attached hydrogens (tertiary/aromatic N) is 3. The standard InChI is InChI=1S/C21H25FN4O/c1-15-16(2)26(18-9-7-17(22)8-10-18)21(19(15)13-23)24-20(27)14-25-11-5-3-4-6-12-25/h7-10H,3-6,11-12,14H2,1-2H3,(H,24,27). The second kappa shape index (κ2) is 8.36. The van der Waals surface area contributed by atoms with Gasteiger partial charge in [0.25, 0.3) is 0 Å². The first-order chi connectivity index (χ1) is 13.0. The second-order valence-electron chi connectivity index (χ2n) is 7.10. The number of anilines is 1. The number of halogens is 1. The summed E-state index contributed by atoms with van der Waals surface area (Å²) >= 11 is 0. The van der Waals surface area contributed by atoms with Gasteiger partial charge in [-0.1, -0.05) is 12.8 Å². The van der Waals surface area contributed by atoms with Gasteiger partial charge in [0.15, 0.2) is 0 Å². The van der Waals surface area contributed by atoms with Gasteiger partial charge in [0.05, 0.1) is 12.1 Å². The van der Waals surface area contributed by atoms with Crippen molar-refractivity contribution >= 4 is 11.7 Å². The van der Waals surface area contributed by atoms with E-state index in [2.05, 4.69) is 16.3 Å². The summed E-state index contributed by atoms with van der Waals surface area (Å²) in [5.74, 6) is 0.000675. The highest BCUT2D eigenvalue weighted by molar-refractivity contribution is 5.93. The first-order valence-electron chi connectivity index (χ1n) is 9.41. The molecule has 0 bridgehead atoms. The molecule has 1 aliphatic heterocycles. The van der Waals surface area contributed by atoms with Crippen molar-refractivity contribution in [3.05, 3.63) is 46.9 Å². The summed E-state index contributed by atoms with van der Waals surface area (Å²) in [7, 11) is 0. The third kappa shape index (κ3) is 4.20. The van der Waals surface area contributed by atoms with Crippen molar-refractivity contribution in [3.8, 4) is 11.8 Å². The molecule has 1 saturated heterocycles. The highest BCUT2D eigenvalue weighted by Crippen LogP contribution is 2.30. The van der Waals surface area contributed by atoms with Crippen LogP contribution >= 0.6 is 0 Å². The van der Waals surface area contributed by atoms with Gasteiger partial charge in [-0.2, -0.15) is 5.26 Å². The average Bonchev–Trinajstić information content (AvgIpc) is 2.82. The van der Waals surface area contributed by atoms with Crippen molar-refractivity contribution in [2.75, 3.05) is 25.0 Å². The number of benzene rings is 1. The molecule has 6 heteroatoms. The fraction of sp³-hybridized carbons (Fsp3) is 0.429. The van der Waals surface area contributed by atoms with Crippen LogP contribution in [0.5, 0.6) is 0 Å². The minimum Gasteiger partial charge on any atom is -0.310 e. The maximum absolute atomic E-state index is 13.3. The molecule has 0 unspecified atom stereocenters. The van der Waals surface area contributed by atoms with Crippen molar-refractivity contribution < 1.29 is 9.18 Å². The molecule has 2 aromatic rings. The SMILES string of the molecule is Cc1c(C#N)c(NC(=O)CN2CCCCCC2)n(-c2ccc(F)cc2)c1C. The number of likely N-dealkylation sites (tertiary alicyclic amines) is 1. The normalized spacial score (nSPS) is 15.2. The lowest BCUT2D eigenvalue weighted by Gasteiger charge is -2.20. The summed E-state index contributed by atoms with van der Waals surface area (Å²) in [4.78, 5) is 14.8. The number of hydrogen-bond acceptors (Lipinski definition) is 3. The smallest absolute Gasteiger partial charge is 0.239 e. The Kier molecular flexibility index (Phi) is 5.92. The molecular weight excluding hydrogens is 343 g/mol.